The summed E-state index contributed by atoms with van der Waals surface area (Å²) in [4.78, 5) is 24.6. The fraction of sp³-hybridized carbons (Fsp3) is 0.346. The summed E-state index contributed by atoms with van der Waals surface area (Å²) in [6.45, 7) is 5.47. The lowest BCUT2D eigenvalue weighted by Crippen LogP contribution is -2.46. The van der Waals surface area contributed by atoms with Crippen LogP contribution >= 0.6 is 0 Å². The number of benzene rings is 2. The number of rotatable bonds is 3. The van der Waals surface area contributed by atoms with Crippen molar-refractivity contribution in [2.75, 3.05) is 13.1 Å². The third kappa shape index (κ3) is 3.92. The van der Waals surface area contributed by atoms with Crippen LogP contribution in [-0.2, 0) is 11.2 Å². The van der Waals surface area contributed by atoms with Crippen LogP contribution in [0.3, 0.4) is 0 Å². The van der Waals surface area contributed by atoms with Crippen molar-refractivity contribution >= 4 is 5.91 Å². The fourth-order valence-corrected chi connectivity index (χ4v) is 4.76. The van der Waals surface area contributed by atoms with Crippen LogP contribution in [0.4, 0.5) is 0 Å². The Bertz CT molecular complexity index is 1100. The molecule has 0 N–H and O–H groups in total. The van der Waals surface area contributed by atoms with Gasteiger partial charge >= 0.3 is 0 Å². The highest BCUT2D eigenvalue weighted by Gasteiger charge is 2.35. The van der Waals surface area contributed by atoms with E-state index in [0.717, 1.165) is 53.3 Å². The van der Waals surface area contributed by atoms with Gasteiger partial charge in [-0.25, -0.2) is 9.97 Å². The standard InChI is InChI=1S/C26H27N3O2/c1-17-7-5-9-19(13-17)22-15-27-18(2)28-25(22)21-10-6-12-29(16-21)26(30)24-14-20-8-3-4-11-23(20)31-24/h3-5,7-9,11,13,15,21,24H,6,10,12,14,16H2,1-2H3. The molecular weight excluding hydrogens is 386 g/mol. The van der Waals surface area contributed by atoms with Gasteiger partial charge in [-0.3, -0.25) is 4.79 Å². The van der Waals surface area contributed by atoms with Gasteiger partial charge in [0.15, 0.2) is 6.10 Å². The first-order chi connectivity index (χ1) is 15.1. The molecule has 2 aliphatic heterocycles. The second-order valence-electron chi connectivity index (χ2n) is 8.63. The summed E-state index contributed by atoms with van der Waals surface area (Å²) < 4.78 is 5.97. The van der Waals surface area contributed by atoms with Crippen LogP contribution in [-0.4, -0.2) is 40.0 Å². The van der Waals surface area contributed by atoms with Gasteiger partial charge < -0.3 is 9.64 Å². The first-order valence-corrected chi connectivity index (χ1v) is 11.0. The van der Waals surface area contributed by atoms with Crippen molar-refractivity contribution in [2.24, 2.45) is 0 Å². The Kier molecular flexibility index (Phi) is 5.18. The van der Waals surface area contributed by atoms with Crippen LogP contribution in [0, 0.1) is 13.8 Å². The lowest BCUT2D eigenvalue weighted by atomic mass is 9.89. The highest BCUT2D eigenvalue weighted by molar-refractivity contribution is 5.83. The zero-order chi connectivity index (χ0) is 21.4. The highest BCUT2D eigenvalue weighted by atomic mass is 16.5. The maximum atomic E-state index is 13.3. The summed E-state index contributed by atoms with van der Waals surface area (Å²) >= 11 is 0. The van der Waals surface area contributed by atoms with Crippen LogP contribution in [0.5, 0.6) is 5.75 Å². The van der Waals surface area contributed by atoms with Gasteiger partial charge in [-0.15, -0.1) is 0 Å². The molecule has 5 rings (SSSR count). The van der Waals surface area contributed by atoms with E-state index in [1.165, 1.54) is 5.56 Å². The van der Waals surface area contributed by atoms with Crippen LogP contribution in [0.15, 0.2) is 54.7 Å². The van der Waals surface area contributed by atoms with Crippen molar-refractivity contribution in [3.05, 3.63) is 77.4 Å². The number of hydrogen-bond donors (Lipinski definition) is 0. The van der Waals surface area contributed by atoms with Crippen LogP contribution in [0.1, 0.15) is 41.4 Å². The third-order valence-corrected chi connectivity index (χ3v) is 6.31. The zero-order valence-electron chi connectivity index (χ0n) is 18.0. The highest BCUT2D eigenvalue weighted by Crippen LogP contribution is 2.35. The van der Waals surface area contributed by atoms with E-state index in [4.69, 9.17) is 9.72 Å². The minimum Gasteiger partial charge on any atom is -0.480 e. The summed E-state index contributed by atoms with van der Waals surface area (Å²) in [5.74, 6) is 1.88. The van der Waals surface area contributed by atoms with E-state index in [1.807, 2.05) is 42.3 Å². The number of hydrogen-bond acceptors (Lipinski definition) is 4. The van der Waals surface area contributed by atoms with Crippen LogP contribution in [0.2, 0.25) is 0 Å². The van der Waals surface area contributed by atoms with Gasteiger partial charge in [-0.2, -0.15) is 0 Å². The van der Waals surface area contributed by atoms with Crippen LogP contribution < -0.4 is 4.74 Å². The molecule has 1 saturated heterocycles. The Hall–Kier alpha value is -3.21. The first kappa shape index (κ1) is 19.7. The minimum absolute atomic E-state index is 0.0868. The van der Waals surface area contributed by atoms with E-state index in [9.17, 15) is 4.79 Å². The molecule has 3 heterocycles. The lowest BCUT2D eigenvalue weighted by molar-refractivity contribution is -0.139. The van der Waals surface area contributed by atoms with Gasteiger partial charge in [-0.1, -0.05) is 48.0 Å². The molecule has 0 radical (unpaired) electrons. The van der Waals surface area contributed by atoms with Crippen molar-refractivity contribution in [3.8, 4) is 16.9 Å². The van der Waals surface area contributed by atoms with E-state index >= 15 is 0 Å². The molecule has 1 aromatic heterocycles. The quantitative estimate of drug-likeness (QED) is 0.636. The lowest BCUT2D eigenvalue weighted by Gasteiger charge is -2.34. The number of para-hydroxylation sites is 1. The van der Waals surface area contributed by atoms with E-state index in [2.05, 4.69) is 36.2 Å². The third-order valence-electron chi connectivity index (χ3n) is 6.31. The Balaban J connectivity index is 1.39. The second kappa shape index (κ2) is 8.14. The van der Waals surface area contributed by atoms with Crippen molar-refractivity contribution in [1.82, 2.24) is 14.9 Å². The number of fused-ring (bicyclic) bond motifs is 1. The molecular formula is C26H27N3O2. The Morgan fingerprint density at radius 2 is 2.00 bits per heavy atom. The summed E-state index contributed by atoms with van der Waals surface area (Å²) in [5, 5.41) is 0. The molecule has 2 atom stereocenters. The molecule has 2 unspecified atom stereocenters. The smallest absolute Gasteiger partial charge is 0.264 e. The zero-order valence-corrected chi connectivity index (χ0v) is 18.0. The van der Waals surface area contributed by atoms with E-state index in [-0.39, 0.29) is 11.8 Å². The molecule has 3 aromatic rings. The Labute approximate surface area is 183 Å². The maximum Gasteiger partial charge on any atom is 0.264 e. The molecule has 0 saturated carbocycles. The number of nitrogens with zero attached hydrogens (tertiary/aromatic N) is 3. The molecule has 5 nitrogen and oxygen atoms in total. The fourth-order valence-electron chi connectivity index (χ4n) is 4.76. The molecule has 2 aromatic carbocycles. The average Bonchev–Trinajstić information content (AvgIpc) is 3.23. The van der Waals surface area contributed by atoms with Gasteiger partial charge in [0.25, 0.3) is 5.91 Å². The SMILES string of the molecule is Cc1cccc(-c2cnc(C)nc2C2CCCN(C(=O)C3Cc4ccccc4O3)C2)c1. The van der Waals surface area contributed by atoms with E-state index < -0.39 is 6.10 Å². The number of carbonyl (C=O) groups is 1. The molecule has 5 heteroatoms. The number of ether oxygens (including phenoxy) is 1. The van der Waals surface area contributed by atoms with Gasteiger partial charge in [0, 0.05) is 37.2 Å². The largest absolute Gasteiger partial charge is 0.480 e. The normalized spacial score (nSPS) is 20.3. The molecule has 2 aliphatic rings. The number of aryl methyl sites for hydroxylation is 2. The Morgan fingerprint density at radius 3 is 2.84 bits per heavy atom. The van der Waals surface area contributed by atoms with E-state index in [1.54, 1.807) is 0 Å². The average molecular weight is 414 g/mol. The minimum atomic E-state index is -0.417. The monoisotopic (exact) mass is 413 g/mol. The maximum absolute atomic E-state index is 13.3. The topological polar surface area (TPSA) is 55.3 Å². The molecule has 31 heavy (non-hydrogen) atoms. The molecule has 0 spiro atoms. The number of piperidine rings is 1. The predicted molar refractivity (Wildman–Crippen MR) is 120 cm³/mol. The van der Waals surface area contributed by atoms with Gasteiger partial charge in [0.05, 0.1) is 5.69 Å². The van der Waals surface area contributed by atoms with Crippen molar-refractivity contribution in [2.45, 2.75) is 45.1 Å². The number of likely N-dealkylation sites (tertiary alicyclic amines) is 1. The predicted octanol–water partition coefficient (Wildman–Crippen LogP) is 4.47. The second-order valence-corrected chi connectivity index (χ2v) is 8.63. The molecule has 0 aliphatic carbocycles. The van der Waals surface area contributed by atoms with Crippen molar-refractivity contribution in [3.63, 3.8) is 0 Å². The summed E-state index contributed by atoms with van der Waals surface area (Å²) in [7, 11) is 0. The van der Waals surface area contributed by atoms with Crippen molar-refractivity contribution in [1.29, 1.82) is 0 Å². The molecule has 158 valence electrons. The number of amides is 1. The molecule has 0 bridgehead atoms. The summed E-state index contributed by atoms with van der Waals surface area (Å²) in [6, 6.07) is 16.4. The number of aromatic nitrogens is 2. The Morgan fingerprint density at radius 1 is 1.13 bits per heavy atom. The van der Waals surface area contributed by atoms with Gasteiger partial charge in [-0.05, 0) is 43.9 Å². The van der Waals surface area contributed by atoms with Crippen LogP contribution in [0.25, 0.3) is 11.1 Å². The number of carbonyl (C=O) groups excluding carboxylic acids is 1. The molecule has 1 fully saturated rings. The summed E-state index contributed by atoms with van der Waals surface area (Å²) in [6.07, 6.45) is 4.15. The van der Waals surface area contributed by atoms with E-state index in [0.29, 0.717) is 13.0 Å². The molecule has 1 amide bonds. The first-order valence-electron chi connectivity index (χ1n) is 11.0. The van der Waals surface area contributed by atoms with Gasteiger partial charge in [0.1, 0.15) is 11.6 Å². The van der Waals surface area contributed by atoms with Gasteiger partial charge in [0.2, 0.25) is 0 Å². The summed E-state index contributed by atoms with van der Waals surface area (Å²) in [5.41, 5.74) is 5.57. The van der Waals surface area contributed by atoms with Crippen molar-refractivity contribution < 1.29 is 9.53 Å².